The summed E-state index contributed by atoms with van der Waals surface area (Å²) in [6.07, 6.45) is 3.96. The largest absolute Gasteiger partial charge is 0.508 e. The number of nitrogens with one attached hydrogen (secondary N) is 1. The van der Waals surface area contributed by atoms with Crippen molar-refractivity contribution in [1.82, 2.24) is 19.9 Å². The molecular weight excluding hydrogens is 372 g/mol. The van der Waals surface area contributed by atoms with E-state index in [2.05, 4.69) is 14.9 Å². The standard InChI is InChI=1S/C21H22N4O4/c1-28-18-8-14(26)9-19(29-2)16(18)11-25-7-5-15-17(12-25)23-20(24-21(15)27)13-4-3-6-22-10-13/h3-4,6,8-10,26H,5,7,11-12H2,1-2H3,(H,23,24,27). The average molecular weight is 394 g/mol. The number of aromatic amines is 1. The third kappa shape index (κ3) is 3.79. The van der Waals surface area contributed by atoms with Crippen LogP contribution >= 0.6 is 0 Å². The first-order chi connectivity index (χ1) is 14.1. The third-order valence-electron chi connectivity index (χ3n) is 5.06. The summed E-state index contributed by atoms with van der Waals surface area (Å²) in [4.78, 5) is 26.4. The average Bonchev–Trinajstić information content (AvgIpc) is 2.75. The van der Waals surface area contributed by atoms with Crippen LogP contribution in [-0.4, -0.2) is 45.7 Å². The molecule has 0 bridgehead atoms. The number of aromatic hydroxyl groups is 1. The highest BCUT2D eigenvalue weighted by Gasteiger charge is 2.24. The first-order valence-corrected chi connectivity index (χ1v) is 9.27. The molecule has 1 aliphatic rings. The molecule has 2 N–H and O–H groups in total. The molecule has 0 saturated carbocycles. The second-order valence-electron chi connectivity index (χ2n) is 6.87. The van der Waals surface area contributed by atoms with Gasteiger partial charge in [0.15, 0.2) is 0 Å². The van der Waals surface area contributed by atoms with E-state index in [4.69, 9.17) is 14.5 Å². The maximum Gasteiger partial charge on any atom is 0.254 e. The number of rotatable bonds is 5. The fraction of sp³-hybridized carbons (Fsp3) is 0.286. The molecule has 3 heterocycles. The Morgan fingerprint density at radius 3 is 2.66 bits per heavy atom. The Hall–Kier alpha value is -3.39. The number of benzene rings is 1. The van der Waals surface area contributed by atoms with E-state index in [0.29, 0.717) is 43.4 Å². The van der Waals surface area contributed by atoms with Crippen LogP contribution in [0.2, 0.25) is 0 Å². The minimum absolute atomic E-state index is 0.0840. The molecule has 0 fully saturated rings. The second kappa shape index (κ2) is 7.92. The van der Waals surface area contributed by atoms with Gasteiger partial charge in [-0.2, -0.15) is 0 Å². The number of nitrogens with zero attached hydrogens (tertiary/aromatic N) is 3. The van der Waals surface area contributed by atoms with Crippen molar-refractivity contribution >= 4 is 0 Å². The number of fused-ring (bicyclic) bond motifs is 1. The fourth-order valence-corrected chi connectivity index (χ4v) is 3.62. The van der Waals surface area contributed by atoms with E-state index in [1.165, 1.54) is 0 Å². The highest BCUT2D eigenvalue weighted by atomic mass is 16.5. The van der Waals surface area contributed by atoms with Gasteiger partial charge in [-0.05, 0) is 18.6 Å². The molecule has 1 aliphatic heterocycles. The Kier molecular flexibility index (Phi) is 5.18. The van der Waals surface area contributed by atoms with Gasteiger partial charge in [-0.3, -0.25) is 14.7 Å². The maximum absolute atomic E-state index is 12.6. The smallest absolute Gasteiger partial charge is 0.254 e. The molecule has 8 heteroatoms. The van der Waals surface area contributed by atoms with Crippen LogP contribution in [0.5, 0.6) is 17.2 Å². The van der Waals surface area contributed by atoms with E-state index < -0.39 is 0 Å². The van der Waals surface area contributed by atoms with Gasteiger partial charge in [0.1, 0.15) is 23.1 Å². The van der Waals surface area contributed by atoms with Gasteiger partial charge >= 0.3 is 0 Å². The van der Waals surface area contributed by atoms with Crippen molar-refractivity contribution in [3.8, 4) is 28.6 Å². The second-order valence-corrected chi connectivity index (χ2v) is 6.87. The summed E-state index contributed by atoms with van der Waals surface area (Å²) in [6, 6.07) is 6.81. The number of phenolic OH excluding ortho intramolecular Hbond substituents is 1. The van der Waals surface area contributed by atoms with Crippen LogP contribution in [0, 0.1) is 0 Å². The first-order valence-electron chi connectivity index (χ1n) is 9.27. The van der Waals surface area contributed by atoms with Gasteiger partial charge in [0.2, 0.25) is 0 Å². The van der Waals surface area contributed by atoms with Gasteiger partial charge in [0.25, 0.3) is 5.56 Å². The number of aromatic nitrogens is 3. The van der Waals surface area contributed by atoms with Crippen molar-refractivity contribution in [3.05, 3.63) is 63.8 Å². The van der Waals surface area contributed by atoms with Crippen LogP contribution in [0.25, 0.3) is 11.4 Å². The quantitative estimate of drug-likeness (QED) is 0.684. The first kappa shape index (κ1) is 18.9. The monoisotopic (exact) mass is 394 g/mol. The number of H-pyrrole nitrogens is 1. The summed E-state index contributed by atoms with van der Waals surface area (Å²) < 4.78 is 10.9. The van der Waals surface area contributed by atoms with Gasteiger partial charge in [0.05, 0.1) is 25.5 Å². The zero-order valence-electron chi connectivity index (χ0n) is 16.3. The van der Waals surface area contributed by atoms with Gasteiger partial charge in [-0.25, -0.2) is 4.98 Å². The molecule has 0 saturated heterocycles. The van der Waals surface area contributed by atoms with Crippen molar-refractivity contribution in [2.45, 2.75) is 19.5 Å². The zero-order valence-corrected chi connectivity index (χ0v) is 16.3. The van der Waals surface area contributed by atoms with Crippen LogP contribution in [0.4, 0.5) is 0 Å². The lowest BCUT2D eigenvalue weighted by atomic mass is 10.0. The molecule has 0 amide bonds. The minimum atomic E-state index is -0.103. The highest BCUT2D eigenvalue weighted by molar-refractivity contribution is 5.53. The number of ether oxygens (including phenoxy) is 2. The van der Waals surface area contributed by atoms with E-state index in [1.54, 1.807) is 38.7 Å². The maximum atomic E-state index is 12.6. The van der Waals surface area contributed by atoms with Gasteiger partial charge in [-0.1, -0.05) is 0 Å². The van der Waals surface area contributed by atoms with Crippen molar-refractivity contribution in [3.63, 3.8) is 0 Å². The molecule has 8 nitrogen and oxygen atoms in total. The summed E-state index contributed by atoms with van der Waals surface area (Å²) >= 11 is 0. The summed E-state index contributed by atoms with van der Waals surface area (Å²) in [5, 5.41) is 9.86. The third-order valence-corrected chi connectivity index (χ3v) is 5.06. The molecule has 0 radical (unpaired) electrons. The van der Waals surface area contributed by atoms with Crippen LogP contribution < -0.4 is 15.0 Å². The lowest BCUT2D eigenvalue weighted by Gasteiger charge is -2.28. The molecule has 1 aromatic carbocycles. The number of hydrogen-bond acceptors (Lipinski definition) is 7. The zero-order chi connectivity index (χ0) is 20.4. The van der Waals surface area contributed by atoms with Crippen molar-refractivity contribution in [1.29, 1.82) is 0 Å². The van der Waals surface area contributed by atoms with Crippen molar-refractivity contribution in [2.75, 3.05) is 20.8 Å². The summed E-state index contributed by atoms with van der Waals surface area (Å²) in [6.45, 7) is 1.78. The van der Waals surface area contributed by atoms with Crippen LogP contribution in [-0.2, 0) is 19.5 Å². The van der Waals surface area contributed by atoms with Crippen molar-refractivity contribution < 1.29 is 14.6 Å². The molecular formula is C21H22N4O4. The molecule has 0 aliphatic carbocycles. The Labute approximate surface area is 167 Å². The molecule has 0 spiro atoms. The van der Waals surface area contributed by atoms with Gasteiger partial charge in [0, 0.05) is 55.3 Å². The van der Waals surface area contributed by atoms with Crippen molar-refractivity contribution in [2.24, 2.45) is 0 Å². The minimum Gasteiger partial charge on any atom is -0.508 e. The predicted molar refractivity (Wildman–Crippen MR) is 107 cm³/mol. The van der Waals surface area contributed by atoms with Gasteiger partial charge in [-0.15, -0.1) is 0 Å². The Bertz CT molecular complexity index is 1060. The van der Waals surface area contributed by atoms with Crippen LogP contribution in [0.1, 0.15) is 16.8 Å². The SMILES string of the molecule is COc1cc(O)cc(OC)c1CN1CCc2c(nc(-c3cccnc3)[nH]c2=O)C1. The normalized spacial score (nSPS) is 13.7. The lowest BCUT2D eigenvalue weighted by molar-refractivity contribution is 0.232. The molecule has 0 unspecified atom stereocenters. The highest BCUT2D eigenvalue weighted by Crippen LogP contribution is 2.35. The Morgan fingerprint density at radius 1 is 1.24 bits per heavy atom. The molecule has 4 rings (SSSR count). The predicted octanol–water partition coefficient (Wildman–Crippen LogP) is 2.11. The lowest BCUT2D eigenvalue weighted by Crippen LogP contribution is -2.35. The molecule has 29 heavy (non-hydrogen) atoms. The fourth-order valence-electron chi connectivity index (χ4n) is 3.62. The van der Waals surface area contributed by atoms with Crippen LogP contribution in [0.15, 0.2) is 41.5 Å². The number of hydrogen-bond donors (Lipinski definition) is 2. The molecule has 2 aromatic heterocycles. The van der Waals surface area contributed by atoms with E-state index in [9.17, 15) is 9.90 Å². The molecule has 0 atom stereocenters. The molecule has 150 valence electrons. The van der Waals surface area contributed by atoms with E-state index in [1.807, 2.05) is 12.1 Å². The number of pyridine rings is 1. The summed E-state index contributed by atoms with van der Waals surface area (Å²) in [7, 11) is 3.12. The van der Waals surface area contributed by atoms with E-state index in [0.717, 1.165) is 22.4 Å². The summed E-state index contributed by atoms with van der Waals surface area (Å²) in [5.74, 6) is 1.72. The number of methoxy groups -OCH3 is 2. The van der Waals surface area contributed by atoms with Crippen LogP contribution in [0.3, 0.4) is 0 Å². The Morgan fingerprint density at radius 2 is 2.00 bits per heavy atom. The topological polar surface area (TPSA) is 101 Å². The van der Waals surface area contributed by atoms with E-state index >= 15 is 0 Å². The van der Waals surface area contributed by atoms with E-state index in [-0.39, 0.29) is 11.3 Å². The molecule has 3 aromatic rings. The number of phenols is 1. The Balaban J connectivity index is 1.64. The summed E-state index contributed by atoms with van der Waals surface area (Å²) in [5.41, 5.74) is 2.99. The van der Waals surface area contributed by atoms with Gasteiger partial charge < -0.3 is 19.6 Å².